The Kier molecular flexibility index (Phi) is 4.29. The first-order valence-corrected chi connectivity index (χ1v) is 7.85. The summed E-state index contributed by atoms with van der Waals surface area (Å²) in [6, 6.07) is 5.11. The number of rotatable bonds is 3. The van der Waals surface area contributed by atoms with E-state index in [0.29, 0.717) is 13.1 Å². The summed E-state index contributed by atoms with van der Waals surface area (Å²) >= 11 is 0. The fourth-order valence-electron chi connectivity index (χ4n) is 2.16. The average molecular weight is 312 g/mol. The molecule has 8 heteroatoms. The Morgan fingerprint density at radius 3 is 2.00 bits per heavy atom. The van der Waals surface area contributed by atoms with Gasteiger partial charge >= 0.3 is 5.97 Å². The molecule has 0 aromatic heterocycles. The van der Waals surface area contributed by atoms with Crippen LogP contribution in [0.25, 0.3) is 0 Å². The number of piperazine rings is 1. The smallest absolute Gasteiger partial charge is 0.335 e. The first-order chi connectivity index (χ1) is 9.82. The average Bonchev–Trinajstić information content (AvgIpc) is 2.47. The van der Waals surface area contributed by atoms with E-state index in [4.69, 9.17) is 5.11 Å². The molecule has 1 aromatic carbocycles. The van der Waals surface area contributed by atoms with Gasteiger partial charge in [-0.1, -0.05) is 0 Å². The van der Waals surface area contributed by atoms with Crippen LogP contribution in [0.15, 0.2) is 29.2 Å². The van der Waals surface area contributed by atoms with Gasteiger partial charge in [-0.2, -0.15) is 4.31 Å². The van der Waals surface area contributed by atoms with E-state index in [1.54, 1.807) is 4.90 Å². The topological polar surface area (TPSA) is 95.0 Å². The highest BCUT2D eigenvalue weighted by atomic mass is 32.2. The summed E-state index contributed by atoms with van der Waals surface area (Å²) in [6.45, 7) is 2.66. The molecule has 1 heterocycles. The minimum Gasteiger partial charge on any atom is -0.478 e. The molecule has 1 N–H and O–H groups in total. The van der Waals surface area contributed by atoms with E-state index in [1.807, 2.05) is 0 Å². The van der Waals surface area contributed by atoms with Crippen LogP contribution in [0.4, 0.5) is 0 Å². The van der Waals surface area contributed by atoms with Gasteiger partial charge in [0.1, 0.15) is 0 Å². The number of carbonyl (C=O) groups is 2. The van der Waals surface area contributed by atoms with Crippen molar-refractivity contribution in [1.82, 2.24) is 9.21 Å². The molecule has 1 amide bonds. The normalized spacial score (nSPS) is 16.7. The zero-order valence-corrected chi connectivity index (χ0v) is 12.3. The van der Waals surface area contributed by atoms with Crippen molar-refractivity contribution < 1.29 is 23.1 Å². The number of hydrogen-bond acceptors (Lipinski definition) is 4. The van der Waals surface area contributed by atoms with Crippen LogP contribution >= 0.6 is 0 Å². The zero-order chi connectivity index (χ0) is 15.6. The summed E-state index contributed by atoms with van der Waals surface area (Å²) in [6.07, 6.45) is 0. The molecule has 1 fully saturated rings. The summed E-state index contributed by atoms with van der Waals surface area (Å²) in [5.74, 6) is -1.17. The SMILES string of the molecule is CC(=O)N1CCN(S(=O)(=O)c2ccc(C(=O)O)cc2)CC1. The third-order valence-corrected chi connectivity index (χ3v) is 5.34. The number of aromatic carboxylic acids is 1. The first kappa shape index (κ1) is 15.5. The number of benzene rings is 1. The van der Waals surface area contributed by atoms with Crippen LogP contribution in [0.5, 0.6) is 0 Å². The molecule has 114 valence electrons. The van der Waals surface area contributed by atoms with Crippen molar-refractivity contribution in [2.75, 3.05) is 26.2 Å². The predicted octanol–water partition coefficient (Wildman–Crippen LogP) is 0.238. The van der Waals surface area contributed by atoms with Crippen molar-refractivity contribution >= 4 is 21.9 Å². The number of nitrogens with zero attached hydrogens (tertiary/aromatic N) is 2. The molecule has 2 rings (SSSR count). The number of sulfonamides is 1. The molecule has 0 atom stereocenters. The van der Waals surface area contributed by atoms with Crippen molar-refractivity contribution in [2.24, 2.45) is 0 Å². The van der Waals surface area contributed by atoms with E-state index in [9.17, 15) is 18.0 Å². The predicted molar refractivity (Wildman–Crippen MR) is 74.4 cm³/mol. The van der Waals surface area contributed by atoms with Gasteiger partial charge < -0.3 is 10.0 Å². The quantitative estimate of drug-likeness (QED) is 0.862. The minimum absolute atomic E-state index is 0.0374. The van der Waals surface area contributed by atoms with Gasteiger partial charge in [-0.3, -0.25) is 4.79 Å². The second-order valence-corrected chi connectivity index (χ2v) is 6.68. The van der Waals surface area contributed by atoms with Gasteiger partial charge in [0.05, 0.1) is 10.5 Å². The van der Waals surface area contributed by atoms with Crippen molar-refractivity contribution in [2.45, 2.75) is 11.8 Å². The Labute approximate surface area is 122 Å². The summed E-state index contributed by atoms with van der Waals surface area (Å²) < 4.78 is 26.1. The van der Waals surface area contributed by atoms with Crippen LogP contribution < -0.4 is 0 Å². The molecule has 0 unspecified atom stereocenters. The largest absolute Gasteiger partial charge is 0.478 e. The van der Waals surface area contributed by atoms with Gasteiger partial charge in [-0.15, -0.1) is 0 Å². The zero-order valence-electron chi connectivity index (χ0n) is 11.5. The molecule has 1 saturated heterocycles. The van der Waals surface area contributed by atoms with E-state index in [-0.39, 0.29) is 29.5 Å². The Hall–Kier alpha value is -1.93. The second-order valence-electron chi connectivity index (χ2n) is 4.74. The molecular formula is C13H16N2O5S. The Morgan fingerprint density at radius 1 is 1.05 bits per heavy atom. The highest BCUT2D eigenvalue weighted by molar-refractivity contribution is 7.89. The Bertz CT molecular complexity index is 646. The number of carbonyl (C=O) groups excluding carboxylic acids is 1. The van der Waals surface area contributed by atoms with Crippen molar-refractivity contribution in [3.8, 4) is 0 Å². The lowest BCUT2D eigenvalue weighted by molar-refractivity contribution is -0.129. The standard InChI is InChI=1S/C13H16N2O5S/c1-10(16)14-6-8-15(9-7-14)21(19,20)12-4-2-11(3-5-12)13(17)18/h2-5H,6-9H2,1H3,(H,17,18). The van der Waals surface area contributed by atoms with Gasteiger partial charge in [-0.25, -0.2) is 13.2 Å². The highest BCUT2D eigenvalue weighted by Gasteiger charge is 2.29. The van der Waals surface area contributed by atoms with Crippen molar-refractivity contribution in [1.29, 1.82) is 0 Å². The second kappa shape index (κ2) is 5.82. The summed E-state index contributed by atoms with van der Waals surface area (Å²) in [5, 5.41) is 8.81. The Balaban J connectivity index is 2.15. The molecule has 1 aromatic rings. The molecule has 0 bridgehead atoms. The lowest BCUT2D eigenvalue weighted by atomic mass is 10.2. The lowest BCUT2D eigenvalue weighted by Gasteiger charge is -2.33. The van der Waals surface area contributed by atoms with Crippen LogP contribution in [0.2, 0.25) is 0 Å². The fourth-order valence-corrected chi connectivity index (χ4v) is 3.58. The maximum Gasteiger partial charge on any atom is 0.335 e. The van der Waals surface area contributed by atoms with Crippen LogP contribution in [-0.2, 0) is 14.8 Å². The van der Waals surface area contributed by atoms with Crippen LogP contribution in [-0.4, -0.2) is 60.8 Å². The molecule has 0 radical (unpaired) electrons. The molecule has 1 aliphatic heterocycles. The molecule has 0 aliphatic carbocycles. The highest BCUT2D eigenvalue weighted by Crippen LogP contribution is 2.18. The van der Waals surface area contributed by atoms with E-state index in [0.717, 1.165) is 0 Å². The van der Waals surface area contributed by atoms with E-state index in [1.165, 1.54) is 35.5 Å². The Morgan fingerprint density at radius 2 is 1.57 bits per heavy atom. The van der Waals surface area contributed by atoms with Gasteiger partial charge in [0, 0.05) is 33.1 Å². The lowest BCUT2D eigenvalue weighted by Crippen LogP contribution is -2.49. The number of carboxylic acids is 1. The molecule has 7 nitrogen and oxygen atoms in total. The number of carboxylic acid groups (broad SMARTS) is 1. The van der Waals surface area contributed by atoms with Crippen molar-refractivity contribution in [3.63, 3.8) is 0 Å². The third kappa shape index (κ3) is 3.22. The molecule has 21 heavy (non-hydrogen) atoms. The third-order valence-electron chi connectivity index (χ3n) is 3.42. The van der Waals surface area contributed by atoms with Gasteiger partial charge in [0.25, 0.3) is 0 Å². The summed E-state index contributed by atoms with van der Waals surface area (Å²) in [7, 11) is -3.65. The van der Waals surface area contributed by atoms with Crippen LogP contribution in [0, 0.1) is 0 Å². The van der Waals surface area contributed by atoms with Gasteiger partial charge in [0.2, 0.25) is 15.9 Å². The van der Waals surface area contributed by atoms with Crippen molar-refractivity contribution in [3.05, 3.63) is 29.8 Å². The summed E-state index contributed by atoms with van der Waals surface area (Å²) in [4.78, 5) is 23.7. The van der Waals surface area contributed by atoms with Gasteiger partial charge in [-0.05, 0) is 24.3 Å². The van der Waals surface area contributed by atoms with Gasteiger partial charge in [0.15, 0.2) is 0 Å². The monoisotopic (exact) mass is 312 g/mol. The molecular weight excluding hydrogens is 296 g/mol. The molecule has 1 aliphatic rings. The van der Waals surface area contributed by atoms with Crippen LogP contribution in [0.3, 0.4) is 0 Å². The summed E-state index contributed by atoms with van der Waals surface area (Å²) in [5.41, 5.74) is 0.0374. The minimum atomic E-state index is -3.65. The number of amides is 1. The molecule has 0 spiro atoms. The van der Waals surface area contributed by atoms with E-state index < -0.39 is 16.0 Å². The molecule has 0 saturated carbocycles. The first-order valence-electron chi connectivity index (χ1n) is 6.41. The van der Waals surface area contributed by atoms with E-state index in [2.05, 4.69) is 0 Å². The fraction of sp³-hybridized carbons (Fsp3) is 0.385. The maximum absolute atomic E-state index is 12.4. The maximum atomic E-state index is 12.4. The number of hydrogen-bond donors (Lipinski definition) is 1. The van der Waals surface area contributed by atoms with Crippen LogP contribution in [0.1, 0.15) is 17.3 Å². The van der Waals surface area contributed by atoms with E-state index >= 15 is 0 Å².